The number of hydrogen-bond donors (Lipinski definition) is 1. The van der Waals surface area contributed by atoms with Crippen molar-refractivity contribution in [2.75, 3.05) is 37.7 Å². The molecule has 178 valence electrons. The summed E-state index contributed by atoms with van der Waals surface area (Å²) in [5.41, 5.74) is 2.93. The van der Waals surface area contributed by atoms with E-state index in [2.05, 4.69) is 75.6 Å². The highest BCUT2D eigenvalue weighted by molar-refractivity contribution is 5.92. The van der Waals surface area contributed by atoms with Crippen LogP contribution in [-0.2, 0) is 9.57 Å². The Morgan fingerprint density at radius 3 is 2.70 bits per heavy atom. The van der Waals surface area contributed by atoms with Crippen molar-refractivity contribution in [1.82, 2.24) is 20.3 Å². The first-order valence-electron chi connectivity index (χ1n) is 11.9. The smallest absolute Gasteiger partial charge is 0.278 e. The van der Waals surface area contributed by atoms with Crippen molar-refractivity contribution in [2.24, 2.45) is 5.41 Å². The zero-order chi connectivity index (χ0) is 23.1. The number of nitrogens with one attached hydrogen (secondary N) is 1. The normalized spacial score (nSPS) is 27.1. The number of anilines is 1. The van der Waals surface area contributed by atoms with Crippen LogP contribution in [0, 0.1) is 5.41 Å². The number of aromatic nitrogens is 2. The zero-order valence-electron chi connectivity index (χ0n) is 19.7. The minimum Gasteiger partial charge on any atom is -0.350 e. The molecule has 3 heterocycles. The Kier molecular flexibility index (Phi) is 7.90. The van der Waals surface area contributed by atoms with Crippen molar-refractivity contribution in [3.63, 3.8) is 0 Å². The predicted molar refractivity (Wildman–Crippen MR) is 128 cm³/mol. The SMILES string of the molecule is CC(/C=C/C1(C)C=CC=CC1)N1CCN(c2ncc(C(=O)NOC3CCCCO3)cn2)CC1. The van der Waals surface area contributed by atoms with E-state index in [1.54, 1.807) is 12.4 Å². The lowest BCUT2D eigenvalue weighted by Crippen LogP contribution is -2.49. The fraction of sp³-hybridized carbons (Fsp3) is 0.560. The molecule has 3 aliphatic rings. The van der Waals surface area contributed by atoms with Gasteiger partial charge in [-0.05, 0) is 26.2 Å². The first-order chi connectivity index (χ1) is 16.0. The van der Waals surface area contributed by atoms with E-state index in [1.165, 1.54) is 0 Å². The fourth-order valence-corrected chi connectivity index (χ4v) is 4.26. The van der Waals surface area contributed by atoms with Gasteiger partial charge in [-0.1, -0.05) is 43.4 Å². The molecule has 2 saturated heterocycles. The van der Waals surface area contributed by atoms with Gasteiger partial charge in [0.05, 0.1) is 5.56 Å². The van der Waals surface area contributed by atoms with Crippen LogP contribution >= 0.6 is 0 Å². The van der Waals surface area contributed by atoms with Gasteiger partial charge in [0.1, 0.15) is 0 Å². The van der Waals surface area contributed by atoms with E-state index in [-0.39, 0.29) is 17.6 Å². The van der Waals surface area contributed by atoms with Crippen LogP contribution in [-0.4, -0.2) is 65.9 Å². The van der Waals surface area contributed by atoms with Crippen LogP contribution in [0.4, 0.5) is 5.95 Å². The molecule has 0 radical (unpaired) electrons. The molecule has 4 rings (SSSR count). The van der Waals surface area contributed by atoms with Crippen molar-refractivity contribution in [2.45, 2.75) is 51.9 Å². The molecule has 1 aromatic rings. The van der Waals surface area contributed by atoms with E-state index in [0.717, 1.165) is 51.9 Å². The van der Waals surface area contributed by atoms with Crippen LogP contribution < -0.4 is 10.4 Å². The number of carbonyl (C=O) groups is 1. The second kappa shape index (κ2) is 11.0. The van der Waals surface area contributed by atoms with Crippen LogP contribution in [0.3, 0.4) is 0 Å². The van der Waals surface area contributed by atoms with Gasteiger partial charge in [0.25, 0.3) is 5.91 Å². The van der Waals surface area contributed by atoms with Crippen molar-refractivity contribution >= 4 is 11.9 Å². The Balaban J connectivity index is 1.23. The quantitative estimate of drug-likeness (QED) is 0.501. The summed E-state index contributed by atoms with van der Waals surface area (Å²) in [6.07, 6.45) is 20.0. The molecule has 1 aromatic heterocycles. The van der Waals surface area contributed by atoms with Gasteiger partial charge in [0.2, 0.25) is 5.95 Å². The largest absolute Gasteiger partial charge is 0.350 e. The lowest BCUT2D eigenvalue weighted by atomic mass is 9.83. The van der Waals surface area contributed by atoms with E-state index >= 15 is 0 Å². The highest BCUT2D eigenvalue weighted by atomic mass is 16.8. The Morgan fingerprint density at radius 1 is 1.24 bits per heavy atom. The summed E-state index contributed by atoms with van der Waals surface area (Å²) in [4.78, 5) is 31.1. The number of ether oxygens (including phenoxy) is 1. The topological polar surface area (TPSA) is 79.8 Å². The number of carbonyl (C=O) groups excluding carboxylic acids is 1. The molecular formula is C25H35N5O3. The maximum absolute atomic E-state index is 12.3. The zero-order valence-corrected chi connectivity index (χ0v) is 19.7. The van der Waals surface area contributed by atoms with E-state index in [0.29, 0.717) is 24.2 Å². The van der Waals surface area contributed by atoms with Crippen molar-refractivity contribution in [3.8, 4) is 0 Å². The molecule has 2 aliphatic heterocycles. The molecule has 1 amide bonds. The number of hydroxylamine groups is 1. The maximum Gasteiger partial charge on any atom is 0.278 e. The number of allylic oxidation sites excluding steroid dienone is 5. The van der Waals surface area contributed by atoms with Crippen molar-refractivity contribution < 1.29 is 14.4 Å². The molecule has 33 heavy (non-hydrogen) atoms. The number of nitrogens with zero attached hydrogens (tertiary/aromatic N) is 4. The molecule has 0 bridgehead atoms. The van der Waals surface area contributed by atoms with Gasteiger partial charge in [-0.2, -0.15) is 0 Å². The van der Waals surface area contributed by atoms with E-state index in [4.69, 9.17) is 9.57 Å². The summed E-state index contributed by atoms with van der Waals surface area (Å²) in [5, 5.41) is 0. The predicted octanol–water partition coefficient (Wildman–Crippen LogP) is 3.25. The van der Waals surface area contributed by atoms with Gasteiger partial charge in [-0.15, -0.1) is 0 Å². The van der Waals surface area contributed by atoms with Crippen molar-refractivity contribution in [1.29, 1.82) is 0 Å². The highest BCUT2D eigenvalue weighted by Crippen LogP contribution is 2.29. The van der Waals surface area contributed by atoms with Crippen LogP contribution in [0.2, 0.25) is 0 Å². The summed E-state index contributed by atoms with van der Waals surface area (Å²) < 4.78 is 5.45. The minimum atomic E-state index is -0.379. The molecule has 0 aromatic carbocycles. The number of rotatable bonds is 7. The highest BCUT2D eigenvalue weighted by Gasteiger charge is 2.23. The molecule has 8 nitrogen and oxygen atoms in total. The van der Waals surface area contributed by atoms with Crippen LogP contribution in [0.5, 0.6) is 0 Å². The third-order valence-electron chi connectivity index (χ3n) is 6.53. The Morgan fingerprint density at radius 2 is 2.03 bits per heavy atom. The van der Waals surface area contributed by atoms with Gasteiger partial charge < -0.3 is 9.64 Å². The summed E-state index contributed by atoms with van der Waals surface area (Å²) in [7, 11) is 0. The van der Waals surface area contributed by atoms with Crippen LogP contribution in [0.15, 0.2) is 48.8 Å². The monoisotopic (exact) mass is 453 g/mol. The maximum atomic E-state index is 12.3. The molecular weight excluding hydrogens is 418 g/mol. The van der Waals surface area contributed by atoms with Gasteiger partial charge in [-0.25, -0.2) is 20.3 Å². The molecule has 2 fully saturated rings. The Bertz CT molecular complexity index is 871. The molecule has 3 unspecified atom stereocenters. The first kappa shape index (κ1) is 23.6. The standard InChI is InChI=1S/C25H35N5O3/c1-20(9-12-25(2)10-5-3-6-11-25)29-13-15-30(16-14-29)24-26-18-21(19-27-24)23(31)28-33-22-8-4-7-17-32-22/h3,5-6,9-10,12,18-20,22H,4,7-8,11,13-17H2,1-2H3,(H,28,31)/b12-9+. The van der Waals surface area contributed by atoms with Crippen LogP contribution in [0.1, 0.15) is 49.9 Å². The van der Waals surface area contributed by atoms with Gasteiger partial charge in [0, 0.05) is 63.1 Å². The molecule has 0 saturated carbocycles. The number of hydrogen-bond acceptors (Lipinski definition) is 7. The minimum absolute atomic E-state index is 0.112. The third kappa shape index (κ3) is 6.50. The second-order valence-electron chi connectivity index (χ2n) is 9.24. The summed E-state index contributed by atoms with van der Waals surface area (Å²) in [5.74, 6) is 0.288. The van der Waals surface area contributed by atoms with E-state index < -0.39 is 0 Å². The fourth-order valence-electron chi connectivity index (χ4n) is 4.26. The molecule has 1 N–H and O–H groups in total. The van der Waals surface area contributed by atoms with E-state index in [1.807, 2.05) is 0 Å². The molecule has 3 atom stereocenters. The molecule has 8 heteroatoms. The third-order valence-corrected chi connectivity index (χ3v) is 6.53. The number of piperazine rings is 1. The summed E-state index contributed by atoms with van der Waals surface area (Å²) >= 11 is 0. The second-order valence-corrected chi connectivity index (χ2v) is 9.24. The molecule has 0 spiro atoms. The van der Waals surface area contributed by atoms with Gasteiger partial charge in [-0.3, -0.25) is 9.69 Å². The van der Waals surface area contributed by atoms with E-state index in [9.17, 15) is 4.79 Å². The number of amides is 1. The average molecular weight is 454 g/mol. The van der Waals surface area contributed by atoms with Gasteiger partial charge >= 0.3 is 0 Å². The summed E-state index contributed by atoms with van der Waals surface area (Å²) in [6.45, 7) is 8.78. The van der Waals surface area contributed by atoms with Crippen molar-refractivity contribution in [3.05, 3.63) is 54.4 Å². The van der Waals surface area contributed by atoms with Crippen LogP contribution in [0.25, 0.3) is 0 Å². The summed E-state index contributed by atoms with van der Waals surface area (Å²) in [6, 6.07) is 0.378. The molecule has 1 aliphatic carbocycles. The lowest BCUT2D eigenvalue weighted by molar-refractivity contribution is -0.186. The average Bonchev–Trinajstić information content (AvgIpc) is 2.87. The Labute approximate surface area is 196 Å². The Hall–Kier alpha value is -2.55. The lowest BCUT2D eigenvalue weighted by Gasteiger charge is -2.37. The first-order valence-corrected chi connectivity index (χ1v) is 11.9. The van der Waals surface area contributed by atoms with Gasteiger partial charge in [0.15, 0.2) is 6.29 Å².